The van der Waals surface area contributed by atoms with Gasteiger partial charge in [-0.25, -0.2) is 4.79 Å². The van der Waals surface area contributed by atoms with Crippen LogP contribution in [-0.2, 0) is 0 Å². The predicted octanol–water partition coefficient (Wildman–Crippen LogP) is 2.94. The van der Waals surface area contributed by atoms with E-state index in [2.05, 4.69) is 25.7 Å². The SMILES string of the molecule is O=C(Nc1ccc2c(c1)OCCO2)Nc1nnc(N2CCCCC2)s1. The summed E-state index contributed by atoms with van der Waals surface area (Å²) in [6.45, 7) is 3.04. The van der Waals surface area contributed by atoms with Gasteiger partial charge in [-0.2, -0.15) is 0 Å². The molecule has 3 heterocycles. The van der Waals surface area contributed by atoms with Crippen LogP contribution in [0.25, 0.3) is 0 Å². The highest BCUT2D eigenvalue weighted by Crippen LogP contribution is 2.32. The Kier molecular flexibility index (Phi) is 4.55. The van der Waals surface area contributed by atoms with Crippen molar-refractivity contribution in [2.75, 3.05) is 41.8 Å². The van der Waals surface area contributed by atoms with Gasteiger partial charge in [0.25, 0.3) is 0 Å². The lowest BCUT2D eigenvalue weighted by molar-refractivity contribution is 0.171. The second-order valence-corrected chi connectivity index (χ2v) is 6.83. The van der Waals surface area contributed by atoms with Gasteiger partial charge in [0.2, 0.25) is 10.3 Å². The molecule has 132 valence electrons. The highest BCUT2D eigenvalue weighted by molar-refractivity contribution is 7.19. The second-order valence-electron chi connectivity index (χ2n) is 5.88. The summed E-state index contributed by atoms with van der Waals surface area (Å²) in [5.74, 6) is 1.32. The Morgan fingerprint density at radius 3 is 2.68 bits per heavy atom. The van der Waals surface area contributed by atoms with E-state index >= 15 is 0 Å². The van der Waals surface area contributed by atoms with E-state index in [0.29, 0.717) is 35.5 Å². The fourth-order valence-electron chi connectivity index (χ4n) is 2.86. The van der Waals surface area contributed by atoms with Crippen molar-refractivity contribution in [3.05, 3.63) is 18.2 Å². The predicted molar refractivity (Wildman–Crippen MR) is 96.0 cm³/mol. The minimum Gasteiger partial charge on any atom is -0.486 e. The summed E-state index contributed by atoms with van der Waals surface area (Å²) in [4.78, 5) is 14.4. The summed E-state index contributed by atoms with van der Waals surface area (Å²) in [6.07, 6.45) is 3.61. The van der Waals surface area contributed by atoms with Gasteiger partial charge in [0.15, 0.2) is 11.5 Å². The van der Waals surface area contributed by atoms with Crippen LogP contribution in [0.2, 0.25) is 0 Å². The number of nitrogens with one attached hydrogen (secondary N) is 2. The molecule has 2 aromatic rings. The summed E-state index contributed by atoms with van der Waals surface area (Å²) >= 11 is 1.39. The lowest BCUT2D eigenvalue weighted by Crippen LogP contribution is -2.29. The Morgan fingerprint density at radius 2 is 1.84 bits per heavy atom. The van der Waals surface area contributed by atoms with E-state index in [0.717, 1.165) is 18.2 Å². The average Bonchev–Trinajstić information content (AvgIpc) is 3.10. The van der Waals surface area contributed by atoms with Crippen molar-refractivity contribution >= 4 is 33.3 Å². The third-order valence-corrected chi connectivity index (χ3v) is 4.96. The molecule has 2 amide bonds. The molecule has 1 saturated heterocycles. The van der Waals surface area contributed by atoms with E-state index in [1.165, 1.54) is 30.6 Å². The van der Waals surface area contributed by atoms with Gasteiger partial charge in [0, 0.05) is 24.8 Å². The molecular weight excluding hydrogens is 342 g/mol. The maximum Gasteiger partial charge on any atom is 0.325 e. The molecule has 0 atom stereocenters. The number of carbonyl (C=O) groups is 1. The zero-order valence-electron chi connectivity index (χ0n) is 13.7. The summed E-state index contributed by atoms with van der Waals surface area (Å²) < 4.78 is 11.0. The zero-order chi connectivity index (χ0) is 17.1. The number of hydrogen-bond donors (Lipinski definition) is 2. The molecule has 0 spiro atoms. The standard InChI is InChI=1S/C16H19N5O3S/c22-14(17-11-4-5-12-13(10-11)24-9-8-23-12)18-15-19-20-16(25-15)21-6-2-1-3-7-21/h4-5,10H,1-3,6-9H2,(H2,17,18,19,22). The molecule has 4 rings (SSSR count). The van der Waals surface area contributed by atoms with Crippen LogP contribution in [-0.4, -0.2) is 42.5 Å². The number of carbonyl (C=O) groups excluding carboxylic acids is 1. The van der Waals surface area contributed by atoms with Gasteiger partial charge in [-0.15, -0.1) is 10.2 Å². The number of urea groups is 1. The molecule has 2 aliphatic rings. The van der Waals surface area contributed by atoms with E-state index in [9.17, 15) is 4.79 Å². The molecule has 0 aliphatic carbocycles. The van der Waals surface area contributed by atoms with Crippen LogP contribution < -0.4 is 25.0 Å². The molecule has 0 radical (unpaired) electrons. The number of anilines is 3. The first-order chi connectivity index (χ1) is 12.3. The van der Waals surface area contributed by atoms with Crippen LogP contribution in [0.15, 0.2) is 18.2 Å². The average molecular weight is 361 g/mol. The minimum atomic E-state index is -0.363. The van der Waals surface area contributed by atoms with Crippen molar-refractivity contribution in [2.45, 2.75) is 19.3 Å². The lowest BCUT2D eigenvalue weighted by Gasteiger charge is -2.25. The second kappa shape index (κ2) is 7.14. The van der Waals surface area contributed by atoms with Gasteiger partial charge in [-0.05, 0) is 31.4 Å². The number of hydrogen-bond acceptors (Lipinski definition) is 7. The van der Waals surface area contributed by atoms with Crippen molar-refractivity contribution in [3.63, 3.8) is 0 Å². The maximum atomic E-state index is 12.2. The number of amides is 2. The first-order valence-corrected chi connectivity index (χ1v) is 9.16. The van der Waals surface area contributed by atoms with E-state index < -0.39 is 0 Å². The van der Waals surface area contributed by atoms with Crippen molar-refractivity contribution in [3.8, 4) is 11.5 Å². The van der Waals surface area contributed by atoms with Gasteiger partial charge in [0.05, 0.1) is 0 Å². The normalized spacial score (nSPS) is 16.4. The van der Waals surface area contributed by atoms with Crippen molar-refractivity contribution in [1.82, 2.24) is 10.2 Å². The van der Waals surface area contributed by atoms with Gasteiger partial charge in [-0.3, -0.25) is 5.32 Å². The molecule has 25 heavy (non-hydrogen) atoms. The molecule has 0 bridgehead atoms. The van der Waals surface area contributed by atoms with Gasteiger partial charge in [0.1, 0.15) is 13.2 Å². The number of fused-ring (bicyclic) bond motifs is 1. The molecule has 2 N–H and O–H groups in total. The van der Waals surface area contributed by atoms with Crippen LogP contribution >= 0.6 is 11.3 Å². The quantitative estimate of drug-likeness (QED) is 0.874. The van der Waals surface area contributed by atoms with Gasteiger partial charge in [-0.1, -0.05) is 11.3 Å². The Morgan fingerprint density at radius 1 is 1.04 bits per heavy atom. The van der Waals surface area contributed by atoms with E-state index in [1.54, 1.807) is 18.2 Å². The van der Waals surface area contributed by atoms with Crippen molar-refractivity contribution in [2.24, 2.45) is 0 Å². The van der Waals surface area contributed by atoms with Crippen LogP contribution in [0.4, 0.5) is 20.7 Å². The third-order valence-electron chi connectivity index (χ3n) is 4.06. The Labute approximate surface area is 149 Å². The summed E-state index contributed by atoms with van der Waals surface area (Å²) in [5.41, 5.74) is 0.627. The molecule has 1 fully saturated rings. The molecule has 8 nitrogen and oxygen atoms in total. The lowest BCUT2D eigenvalue weighted by atomic mass is 10.1. The van der Waals surface area contributed by atoms with E-state index in [1.807, 2.05) is 0 Å². The largest absolute Gasteiger partial charge is 0.486 e. The molecule has 9 heteroatoms. The molecule has 1 aromatic heterocycles. The maximum absolute atomic E-state index is 12.2. The number of piperidine rings is 1. The number of ether oxygens (including phenoxy) is 2. The van der Waals surface area contributed by atoms with Crippen molar-refractivity contribution in [1.29, 1.82) is 0 Å². The molecule has 1 aromatic carbocycles. The third kappa shape index (κ3) is 3.76. The van der Waals surface area contributed by atoms with Crippen molar-refractivity contribution < 1.29 is 14.3 Å². The smallest absolute Gasteiger partial charge is 0.325 e. The minimum absolute atomic E-state index is 0.363. The number of rotatable bonds is 3. The zero-order valence-corrected chi connectivity index (χ0v) is 14.5. The highest BCUT2D eigenvalue weighted by Gasteiger charge is 2.17. The first-order valence-electron chi connectivity index (χ1n) is 8.34. The number of aromatic nitrogens is 2. The summed E-state index contributed by atoms with van der Waals surface area (Å²) in [7, 11) is 0. The molecule has 0 unspecified atom stereocenters. The van der Waals surface area contributed by atoms with Gasteiger partial charge >= 0.3 is 6.03 Å². The Balaban J connectivity index is 1.36. The highest BCUT2D eigenvalue weighted by atomic mass is 32.1. The van der Waals surface area contributed by atoms with Gasteiger partial charge < -0.3 is 19.7 Å². The van der Waals surface area contributed by atoms with E-state index in [4.69, 9.17) is 9.47 Å². The van der Waals surface area contributed by atoms with Crippen LogP contribution in [0.3, 0.4) is 0 Å². The Hall–Kier alpha value is -2.55. The fraction of sp³-hybridized carbons (Fsp3) is 0.438. The van der Waals surface area contributed by atoms with E-state index in [-0.39, 0.29) is 6.03 Å². The van der Waals surface area contributed by atoms with Crippen LogP contribution in [0.5, 0.6) is 11.5 Å². The molecular formula is C16H19N5O3S. The summed E-state index contributed by atoms with van der Waals surface area (Å²) in [6, 6.07) is 4.93. The number of nitrogens with zero attached hydrogens (tertiary/aromatic N) is 3. The number of benzene rings is 1. The summed E-state index contributed by atoms with van der Waals surface area (Å²) in [5, 5.41) is 15.1. The first kappa shape index (κ1) is 15.9. The Bertz CT molecular complexity index is 760. The topological polar surface area (TPSA) is 88.6 Å². The molecule has 0 saturated carbocycles. The fourth-order valence-corrected chi connectivity index (χ4v) is 3.65. The van der Waals surface area contributed by atoms with Crippen LogP contribution in [0.1, 0.15) is 19.3 Å². The van der Waals surface area contributed by atoms with Crippen LogP contribution in [0, 0.1) is 0 Å². The molecule has 2 aliphatic heterocycles. The monoisotopic (exact) mass is 361 g/mol.